The smallest absolute Gasteiger partial charge is 0.180 e. The molecule has 2 rings (SSSR count). The van der Waals surface area contributed by atoms with Gasteiger partial charge in [0.05, 0.1) is 0 Å². The minimum Gasteiger partial charge on any atom is -0.373 e. The molecular weight excluding hydrogens is 266 g/mol. The van der Waals surface area contributed by atoms with Crippen LogP contribution in [0.3, 0.4) is 0 Å². The van der Waals surface area contributed by atoms with Crippen LogP contribution in [0, 0.1) is 6.92 Å². The van der Waals surface area contributed by atoms with Gasteiger partial charge in [-0.3, -0.25) is 0 Å². The first kappa shape index (κ1) is 13.2. The Labute approximate surface area is 114 Å². The molecule has 0 aliphatic carbocycles. The quantitative estimate of drug-likeness (QED) is 0.850. The number of nitrogens with zero attached hydrogens (tertiary/aromatic N) is 4. The van der Waals surface area contributed by atoms with Crippen molar-refractivity contribution in [1.29, 1.82) is 0 Å². The Balaban J connectivity index is 2.34. The van der Waals surface area contributed by atoms with Crippen molar-refractivity contribution in [2.75, 3.05) is 12.4 Å². The van der Waals surface area contributed by atoms with E-state index in [1.807, 2.05) is 14.0 Å². The van der Waals surface area contributed by atoms with E-state index >= 15 is 0 Å². The van der Waals surface area contributed by atoms with E-state index in [2.05, 4.69) is 32.4 Å². The summed E-state index contributed by atoms with van der Waals surface area (Å²) in [5.74, 6) is 1.76. The predicted octanol–water partition coefficient (Wildman–Crippen LogP) is 2.78. The number of anilines is 1. The number of rotatable bonds is 5. The lowest BCUT2D eigenvalue weighted by Crippen LogP contribution is -2.04. The van der Waals surface area contributed by atoms with Crippen molar-refractivity contribution in [3.63, 3.8) is 0 Å². The number of hydrogen-bond acceptors (Lipinski definition) is 7. The maximum atomic E-state index is 4.60. The molecule has 0 amide bonds. The normalized spacial score (nSPS) is 10.6. The Bertz CT molecular complexity index is 512. The summed E-state index contributed by atoms with van der Waals surface area (Å²) in [6.07, 6.45) is 1.92. The molecule has 18 heavy (non-hydrogen) atoms. The molecule has 5 nitrogen and oxygen atoms in total. The van der Waals surface area contributed by atoms with Crippen molar-refractivity contribution in [2.45, 2.75) is 36.1 Å². The molecule has 0 saturated carbocycles. The number of aromatic nitrogens is 4. The standard InChI is InChI=1S/C11H15N5S2/c1-4-5-8-14-9(12-3)7(2)10(15-8)18-11-16-13-6-17-11/h6H,4-5H2,1-3H3,(H,12,14,15). The van der Waals surface area contributed by atoms with E-state index in [4.69, 9.17) is 0 Å². The topological polar surface area (TPSA) is 63.6 Å². The molecule has 2 aromatic heterocycles. The van der Waals surface area contributed by atoms with Crippen LogP contribution in [0.15, 0.2) is 14.9 Å². The average molecular weight is 281 g/mol. The van der Waals surface area contributed by atoms with E-state index in [1.54, 1.807) is 17.3 Å². The highest BCUT2D eigenvalue weighted by Gasteiger charge is 2.12. The van der Waals surface area contributed by atoms with E-state index in [0.717, 1.165) is 39.4 Å². The lowest BCUT2D eigenvalue weighted by atomic mass is 10.3. The molecule has 0 aromatic carbocycles. The highest BCUT2D eigenvalue weighted by Crippen LogP contribution is 2.31. The molecule has 0 bridgehead atoms. The zero-order chi connectivity index (χ0) is 13.0. The van der Waals surface area contributed by atoms with Gasteiger partial charge in [0.2, 0.25) is 0 Å². The van der Waals surface area contributed by atoms with Gasteiger partial charge in [0.15, 0.2) is 4.34 Å². The fourth-order valence-corrected chi connectivity index (χ4v) is 3.00. The third-order valence-corrected chi connectivity index (χ3v) is 4.25. The largest absolute Gasteiger partial charge is 0.373 e. The molecule has 2 heterocycles. The molecule has 7 heteroatoms. The van der Waals surface area contributed by atoms with Gasteiger partial charge in [0.1, 0.15) is 22.2 Å². The van der Waals surface area contributed by atoms with Crippen LogP contribution in [0.1, 0.15) is 24.7 Å². The Morgan fingerprint density at radius 2 is 2.22 bits per heavy atom. The van der Waals surface area contributed by atoms with E-state index in [1.165, 1.54) is 11.3 Å². The maximum absolute atomic E-state index is 4.60. The molecule has 0 unspecified atom stereocenters. The molecule has 0 radical (unpaired) electrons. The Morgan fingerprint density at radius 3 is 2.83 bits per heavy atom. The SMILES string of the molecule is CCCc1nc(NC)c(C)c(Sc2nncs2)n1. The summed E-state index contributed by atoms with van der Waals surface area (Å²) in [7, 11) is 1.88. The number of aryl methyl sites for hydroxylation is 1. The molecule has 2 aromatic rings. The van der Waals surface area contributed by atoms with Crippen molar-refractivity contribution in [2.24, 2.45) is 0 Å². The van der Waals surface area contributed by atoms with Crippen LogP contribution in [0.5, 0.6) is 0 Å². The lowest BCUT2D eigenvalue weighted by Gasteiger charge is -2.10. The second-order valence-electron chi connectivity index (χ2n) is 3.73. The van der Waals surface area contributed by atoms with Crippen molar-refractivity contribution >= 4 is 28.9 Å². The average Bonchev–Trinajstić information content (AvgIpc) is 2.86. The summed E-state index contributed by atoms with van der Waals surface area (Å²) in [6, 6.07) is 0. The van der Waals surface area contributed by atoms with Crippen LogP contribution >= 0.6 is 23.1 Å². The molecule has 0 aliphatic heterocycles. The summed E-state index contributed by atoms with van der Waals surface area (Å²) in [5, 5.41) is 11.9. The first-order valence-electron chi connectivity index (χ1n) is 5.73. The number of nitrogens with one attached hydrogen (secondary N) is 1. The molecule has 0 spiro atoms. The molecule has 96 valence electrons. The van der Waals surface area contributed by atoms with Gasteiger partial charge in [0, 0.05) is 19.0 Å². The van der Waals surface area contributed by atoms with Gasteiger partial charge in [-0.1, -0.05) is 18.3 Å². The van der Waals surface area contributed by atoms with Crippen LogP contribution in [0.2, 0.25) is 0 Å². The van der Waals surface area contributed by atoms with E-state index < -0.39 is 0 Å². The second kappa shape index (κ2) is 6.10. The molecule has 0 fully saturated rings. The fourth-order valence-electron chi connectivity index (χ4n) is 1.51. The van der Waals surface area contributed by atoms with E-state index in [0.29, 0.717) is 0 Å². The van der Waals surface area contributed by atoms with E-state index in [9.17, 15) is 0 Å². The zero-order valence-corrected chi connectivity index (χ0v) is 12.2. The third kappa shape index (κ3) is 2.97. The second-order valence-corrected chi connectivity index (χ2v) is 5.79. The van der Waals surface area contributed by atoms with Gasteiger partial charge in [-0.15, -0.1) is 10.2 Å². The van der Waals surface area contributed by atoms with Gasteiger partial charge in [-0.25, -0.2) is 9.97 Å². The summed E-state index contributed by atoms with van der Waals surface area (Å²) in [5.41, 5.74) is 2.78. The minimum atomic E-state index is 0.875. The number of hydrogen-bond donors (Lipinski definition) is 1. The summed E-state index contributed by atoms with van der Waals surface area (Å²) >= 11 is 3.06. The minimum absolute atomic E-state index is 0.875. The highest BCUT2D eigenvalue weighted by molar-refractivity contribution is 8.01. The van der Waals surface area contributed by atoms with Crippen LogP contribution in [0.4, 0.5) is 5.82 Å². The van der Waals surface area contributed by atoms with Crippen LogP contribution in [0.25, 0.3) is 0 Å². The van der Waals surface area contributed by atoms with Gasteiger partial charge in [0.25, 0.3) is 0 Å². The lowest BCUT2D eigenvalue weighted by molar-refractivity contribution is 0.803. The third-order valence-electron chi connectivity index (χ3n) is 2.38. The van der Waals surface area contributed by atoms with Gasteiger partial charge in [-0.05, 0) is 25.1 Å². The van der Waals surface area contributed by atoms with Gasteiger partial charge >= 0.3 is 0 Å². The Hall–Kier alpha value is -1.21. The first-order valence-corrected chi connectivity index (χ1v) is 7.43. The van der Waals surface area contributed by atoms with Gasteiger partial charge in [-0.2, -0.15) is 0 Å². The van der Waals surface area contributed by atoms with Crippen LogP contribution < -0.4 is 5.32 Å². The van der Waals surface area contributed by atoms with Crippen molar-refractivity contribution in [3.8, 4) is 0 Å². The molecule has 1 N–H and O–H groups in total. The van der Waals surface area contributed by atoms with Crippen LogP contribution in [-0.2, 0) is 6.42 Å². The fraction of sp³-hybridized carbons (Fsp3) is 0.455. The molecule has 0 atom stereocenters. The summed E-state index contributed by atoms with van der Waals surface area (Å²) in [4.78, 5) is 9.10. The maximum Gasteiger partial charge on any atom is 0.180 e. The summed E-state index contributed by atoms with van der Waals surface area (Å²) in [6.45, 7) is 4.14. The molecule has 0 aliphatic rings. The Kier molecular flexibility index (Phi) is 4.48. The predicted molar refractivity (Wildman–Crippen MR) is 74.3 cm³/mol. The highest BCUT2D eigenvalue weighted by atomic mass is 32.2. The summed E-state index contributed by atoms with van der Waals surface area (Å²) < 4.78 is 0.904. The van der Waals surface area contributed by atoms with E-state index in [-0.39, 0.29) is 0 Å². The zero-order valence-electron chi connectivity index (χ0n) is 10.6. The monoisotopic (exact) mass is 281 g/mol. The van der Waals surface area contributed by atoms with Crippen molar-refractivity contribution < 1.29 is 0 Å². The molecule has 0 saturated heterocycles. The van der Waals surface area contributed by atoms with Crippen LogP contribution in [-0.4, -0.2) is 27.2 Å². The van der Waals surface area contributed by atoms with Gasteiger partial charge < -0.3 is 5.32 Å². The van der Waals surface area contributed by atoms with Crippen molar-refractivity contribution in [3.05, 3.63) is 16.9 Å². The Morgan fingerprint density at radius 1 is 1.39 bits per heavy atom. The van der Waals surface area contributed by atoms with Crippen molar-refractivity contribution in [1.82, 2.24) is 20.2 Å². The first-order chi connectivity index (χ1) is 8.74. The molecular formula is C11H15N5S2.